The van der Waals surface area contributed by atoms with E-state index in [2.05, 4.69) is 5.32 Å². The Balaban J connectivity index is 1.59. The van der Waals surface area contributed by atoms with Gasteiger partial charge < -0.3 is 5.32 Å². The van der Waals surface area contributed by atoms with Crippen LogP contribution in [0.25, 0.3) is 0 Å². The molecule has 6 heteroatoms. The van der Waals surface area contributed by atoms with Gasteiger partial charge in [-0.25, -0.2) is 0 Å². The molecule has 24 heavy (non-hydrogen) atoms. The summed E-state index contributed by atoms with van der Waals surface area (Å²) in [5.41, 5.74) is 1.71. The van der Waals surface area contributed by atoms with Crippen molar-refractivity contribution in [2.75, 3.05) is 11.9 Å². The standard InChI is InChI=1S/C18H19ClN2O3/c1-11-4-2-3-5-15(11)20-16(22)8-9-21-17(23)13-7-6-12(19)10-14(13)18(21)24/h2-6,13-14H,7-10H2,1H3,(H,20,22)/t13-,14-/m0/s1. The number of nitrogens with zero attached hydrogens (tertiary/aromatic N) is 1. The van der Waals surface area contributed by atoms with Crippen LogP contribution in [0.4, 0.5) is 5.69 Å². The van der Waals surface area contributed by atoms with E-state index in [4.69, 9.17) is 11.6 Å². The Morgan fingerprint density at radius 1 is 1.25 bits per heavy atom. The number of aryl methyl sites for hydroxylation is 1. The predicted octanol–water partition coefficient (Wildman–Crippen LogP) is 2.84. The molecule has 0 saturated carbocycles. The van der Waals surface area contributed by atoms with Crippen molar-refractivity contribution in [2.45, 2.75) is 26.2 Å². The van der Waals surface area contributed by atoms with Crippen LogP contribution in [-0.4, -0.2) is 29.2 Å². The minimum Gasteiger partial charge on any atom is -0.326 e. The van der Waals surface area contributed by atoms with Crippen molar-refractivity contribution in [3.63, 3.8) is 0 Å². The molecule has 2 atom stereocenters. The van der Waals surface area contributed by atoms with E-state index in [0.29, 0.717) is 17.9 Å². The highest BCUT2D eigenvalue weighted by Crippen LogP contribution is 2.38. The maximum absolute atomic E-state index is 12.4. The highest BCUT2D eigenvalue weighted by atomic mass is 35.5. The van der Waals surface area contributed by atoms with Gasteiger partial charge in [0.1, 0.15) is 0 Å². The first-order valence-electron chi connectivity index (χ1n) is 8.02. The summed E-state index contributed by atoms with van der Waals surface area (Å²) in [4.78, 5) is 38.1. The number of likely N-dealkylation sites (tertiary alicyclic amines) is 1. The van der Waals surface area contributed by atoms with Crippen molar-refractivity contribution in [2.24, 2.45) is 11.8 Å². The average molecular weight is 347 g/mol. The first-order valence-corrected chi connectivity index (χ1v) is 8.40. The second kappa shape index (κ2) is 6.77. The topological polar surface area (TPSA) is 66.5 Å². The molecule has 1 fully saturated rings. The number of carbonyl (C=O) groups is 3. The van der Waals surface area contributed by atoms with Gasteiger partial charge in [-0.3, -0.25) is 19.3 Å². The monoisotopic (exact) mass is 346 g/mol. The van der Waals surface area contributed by atoms with E-state index < -0.39 is 0 Å². The number of para-hydroxylation sites is 1. The van der Waals surface area contributed by atoms with Crippen LogP contribution in [0.5, 0.6) is 0 Å². The first-order chi connectivity index (χ1) is 11.5. The van der Waals surface area contributed by atoms with Crippen LogP contribution in [0.3, 0.4) is 0 Å². The minimum absolute atomic E-state index is 0.0897. The lowest BCUT2D eigenvalue weighted by Crippen LogP contribution is -2.34. The summed E-state index contributed by atoms with van der Waals surface area (Å²) < 4.78 is 0. The van der Waals surface area contributed by atoms with Gasteiger partial charge >= 0.3 is 0 Å². The molecule has 2 aliphatic rings. The van der Waals surface area contributed by atoms with E-state index in [0.717, 1.165) is 11.3 Å². The molecule has 1 aromatic carbocycles. The predicted molar refractivity (Wildman–Crippen MR) is 91.3 cm³/mol. The number of anilines is 1. The number of benzene rings is 1. The van der Waals surface area contributed by atoms with E-state index >= 15 is 0 Å². The lowest BCUT2D eigenvalue weighted by Gasteiger charge is -2.17. The number of hydrogen-bond donors (Lipinski definition) is 1. The summed E-state index contributed by atoms with van der Waals surface area (Å²) >= 11 is 5.99. The number of fused-ring (bicyclic) bond motifs is 1. The number of amides is 3. The highest BCUT2D eigenvalue weighted by molar-refractivity contribution is 6.30. The molecule has 1 heterocycles. The van der Waals surface area contributed by atoms with E-state index in [1.54, 1.807) is 0 Å². The van der Waals surface area contributed by atoms with Crippen LogP contribution in [0.15, 0.2) is 35.4 Å². The largest absolute Gasteiger partial charge is 0.326 e. The second-order valence-electron chi connectivity index (χ2n) is 6.25. The van der Waals surface area contributed by atoms with Crippen LogP contribution in [0, 0.1) is 18.8 Å². The summed E-state index contributed by atoms with van der Waals surface area (Å²) in [6.45, 7) is 2.02. The van der Waals surface area contributed by atoms with Crippen molar-refractivity contribution >= 4 is 35.0 Å². The second-order valence-corrected chi connectivity index (χ2v) is 6.73. The summed E-state index contributed by atoms with van der Waals surface area (Å²) in [6.07, 6.45) is 2.82. The average Bonchev–Trinajstić information content (AvgIpc) is 2.78. The molecule has 0 aromatic heterocycles. The molecule has 1 N–H and O–H groups in total. The van der Waals surface area contributed by atoms with Crippen LogP contribution in [0.1, 0.15) is 24.8 Å². The molecule has 0 bridgehead atoms. The molecule has 1 aliphatic carbocycles. The fourth-order valence-corrected chi connectivity index (χ4v) is 3.51. The maximum Gasteiger partial charge on any atom is 0.233 e. The third-order valence-electron chi connectivity index (χ3n) is 4.64. The zero-order valence-electron chi connectivity index (χ0n) is 13.4. The fraction of sp³-hybridized carbons (Fsp3) is 0.389. The molecule has 0 radical (unpaired) electrons. The van der Waals surface area contributed by atoms with Crippen molar-refractivity contribution in [1.82, 2.24) is 4.90 Å². The van der Waals surface area contributed by atoms with Crippen LogP contribution >= 0.6 is 11.6 Å². The van der Waals surface area contributed by atoms with Gasteiger partial charge in [0.05, 0.1) is 11.8 Å². The van der Waals surface area contributed by atoms with Gasteiger partial charge in [-0.05, 0) is 31.4 Å². The number of nitrogens with one attached hydrogen (secondary N) is 1. The van der Waals surface area contributed by atoms with Crippen molar-refractivity contribution in [3.8, 4) is 0 Å². The number of rotatable bonds is 4. The van der Waals surface area contributed by atoms with Crippen molar-refractivity contribution in [3.05, 3.63) is 40.9 Å². The summed E-state index contributed by atoms with van der Waals surface area (Å²) in [5.74, 6) is -1.29. The van der Waals surface area contributed by atoms with E-state index in [1.807, 2.05) is 37.3 Å². The summed E-state index contributed by atoms with van der Waals surface area (Å²) in [5, 5.41) is 3.45. The smallest absolute Gasteiger partial charge is 0.233 e. The Labute approximate surface area is 145 Å². The highest BCUT2D eigenvalue weighted by Gasteiger charge is 2.48. The number of imide groups is 1. The number of carbonyl (C=O) groups excluding carboxylic acids is 3. The zero-order chi connectivity index (χ0) is 17.3. The lowest BCUT2D eigenvalue weighted by molar-refractivity contribution is -0.140. The third kappa shape index (κ3) is 3.22. The quantitative estimate of drug-likeness (QED) is 0.852. The van der Waals surface area contributed by atoms with Crippen LogP contribution < -0.4 is 5.32 Å². The van der Waals surface area contributed by atoms with Gasteiger partial charge in [0, 0.05) is 23.7 Å². The normalized spacial score (nSPS) is 23.1. The maximum atomic E-state index is 12.4. The molecule has 0 unspecified atom stereocenters. The molecule has 5 nitrogen and oxygen atoms in total. The molecular weight excluding hydrogens is 328 g/mol. The Morgan fingerprint density at radius 3 is 2.71 bits per heavy atom. The zero-order valence-corrected chi connectivity index (χ0v) is 14.2. The molecule has 3 amide bonds. The van der Waals surface area contributed by atoms with Gasteiger partial charge in [0.2, 0.25) is 17.7 Å². The van der Waals surface area contributed by atoms with Gasteiger partial charge in [-0.15, -0.1) is 0 Å². The van der Waals surface area contributed by atoms with Gasteiger partial charge in [-0.1, -0.05) is 35.9 Å². The molecule has 1 saturated heterocycles. The van der Waals surface area contributed by atoms with E-state index in [-0.39, 0.29) is 42.5 Å². The van der Waals surface area contributed by atoms with Crippen LogP contribution in [0.2, 0.25) is 0 Å². The third-order valence-corrected chi connectivity index (χ3v) is 4.95. The van der Waals surface area contributed by atoms with Crippen molar-refractivity contribution < 1.29 is 14.4 Å². The van der Waals surface area contributed by atoms with Crippen LogP contribution in [-0.2, 0) is 14.4 Å². The van der Waals surface area contributed by atoms with Gasteiger partial charge in [0.15, 0.2) is 0 Å². The van der Waals surface area contributed by atoms with Gasteiger partial charge in [0.25, 0.3) is 0 Å². The Morgan fingerprint density at radius 2 is 1.96 bits per heavy atom. The molecule has 3 rings (SSSR count). The fourth-order valence-electron chi connectivity index (χ4n) is 3.26. The summed E-state index contributed by atoms with van der Waals surface area (Å²) in [7, 11) is 0. The Bertz CT molecular complexity index is 729. The van der Waals surface area contributed by atoms with E-state index in [1.165, 1.54) is 4.90 Å². The molecular formula is C18H19ClN2O3. The summed E-state index contributed by atoms with van der Waals surface area (Å²) in [6, 6.07) is 7.47. The van der Waals surface area contributed by atoms with E-state index in [9.17, 15) is 14.4 Å². The number of halogens is 1. The molecule has 126 valence electrons. The Kier molecular flexibility index (Phi) is 4.71. The van der Waals surface area contributed by atoms with Crippen molar-refractivity contribution in [1.29, 1.82) is 0 Å². The molecule has 1 aliphatic heterocycles. The van der Waals surface area contributed by atoms with Gasteiger partial charge in [-0.2, -0.15) is 0 Å². The first kappa shape index (κ1) is 16.7. The molecule has 1 aromatic rings. The number of hydrogen-bond acceptors (Lipinski definition) is 3. The SMILES string of the molecule is Cc1ccccc1NC(=O)CCN1C(=O)[C@H]2CC=C(Cl)C[C@@H]2C1=O. The Hall–Kier alpha value is -2.14. The lowest BCUT2D eigenvalue weighted by atomic mass is 9.85. The molecule has 0 spiro atoms. The number of allylic oxidation sites excluding steroid dienone is 2. The minimum atomic E-state index is -0.366.